The number of alkyl halides is 1. The molecule has 0 N–H and O–H groups in total. The molecule has 0 saturated carbocycles. The minimum Gasteiger partial charge on any atom is -0.378 e. The zero-order valence-corrected chi connectivity index (χ0v) is 12.9. The van der Waals surface area contributed by atoms with E-state index in [0.29, 0.717) is 6.42 Å². The van der Waals surface area contributed by atoms with Crippen molar-refractivity contribution in [3.8, 4) is 0 Å². The summed E-state index contributed by atoms with van der Waals surface area (Å²) in [7, 11) is 0. The molecule has 1 aromatic rings. The van der Waals surface area contributed by atoms with Gasteiger partial charge in [-0.05, 0) is 43.5 Å². The Morgan fingerprint density at radius 2 is 2.29 bits per heavy atom. The molecule has 17 heavy (non-hydrogen) atoms. The molecule has 0 aromatic heterocycles. The fraction of sp³-hybridized carbons (Fsp3) is 0.538. The van der Waals surface area contributed by atoms with Gasteiger partial charge in [-0.1, -0.05) is 31.9 Å². The van der Waals surface area contributed by atoms with Crippen molar-refractivity contribution in [2.45, 2.75) is 25.9 Å². The van der Waals surface area contributed by atoms with Crippen LogP contribution in [-0.2, 0) is 11.2 Å². The van der Waals surface area contributed by atoms with Gasteiger partial charge in [0, 0.05) is 21.8 Å². The average molecular weight is 366 g/mol. The van der Waals surface area contributed by atoms with Crippen LogP contribution in [0.15, 0.2) is 22.7 Å². The maximum absolute atomic E-state index is 13.8. The molecular weight excluding hydrogens is 351 g/mol. The molecule has 2 unspecified atom stereocenters. The summed E-state index contributed by atoms with van der Waals surface area (Å²) in [5.74, 6) is -0.132. The first kappa shape index (κ1) is 13.5. The van der Waals surface area contributed by atoms with Crippen LogP contribution in [0.3, 0.4) is 0 Å². The van der Waals surface area contributed by atoms with Gasteiger partial charge >= 0.3 is 0 Å². The molecule has 1 aliphatic rings. The second-order valence-corrected chi connectivity index (χ2v) is 6.15. The fourth-order valence-electron chi connectivity index (χ4n) is 2.33. The molecule has 0 aliphatic carbocycles. The molecule has 1 nitrogen and oxygen atoms in total. The van der Waals surface area contributed by atoms with Gasteiger partial charge in [0.25, 0.3) is 0 Å². The van der Waals surface area contributed by atoms with Crippen LogP contribution >= 0.6 is 31.9 Å². The number of rotatable bonds is 3. The normalized spacial score (nSPS) is 28.6. The van der Waals surface area contributed by atoms with Gasteiger partial charge in [-0.15, -0.1) is 0 Å². The molecule has 0 bridgehead atoms. The summed E-state index contributed by atoms with van der Waals surface area (Å²) in [5.41, 5.74) is 0.776. The minimum absolute atomic E-state index is 0.0155. The van der Waals surface area contributed by atoms with Crippen molar-refractivity contribution in [2.24, 2.45) is 5.41 Å². The van der Waals surface area contributed by atoms with Gasteiger partial charge in [-0.25, -0.2) is 4.39 Å². The summed E-state index contributed by atoms with van der Waals surface area (Å²) in [4.78, 5) is 0. The van der Waals surface area contributed by atoms with Gasteiger partial charge < -0.3 is 4.74 Å². The van der Waals surface area contributed by atoms with Gasteiger partial charge in [-0.2, -0.15) is 0 Å². The summed E-state index contributed by atoms with van der Waals surface area (Å²) in [6.07, 6.45) is 1.86. The maximum atomic E-state index is 13.8. The smallest absolute Gasteiger partial charge is 0.126 e. The van der Waals surface area contributed by atoms with Crippen molar-refractivity contribution in [1.29, 1.82) is 0 Å². The highest BCUT2D eigenvalue weighted by atomic mass is 79.9. The van der Waals surface area contributed by atoms with Crippen molar-refractivity contribution in [1.82, 2.24) is 0 Å². The molecule has 1 heterocycles. The van der Waals surface area contributed by atoms with Gasteiger partial charge in [0.15, 0.2) is 0 Å². The number of hydrogen-bond donors (Lipinski definition) is 0. The Morgan fingerprint density at radius 1 is 1.53 bits per heavy atom. The van der Waals surface area contributed by atoms with Gasteiger partial charge in [0.1, 0.15) is 5.82 Å². The Morgan fingerprint density at radius 3 is 2.88 bits per heavy atom. The van der Waals surface area contributed by atoms with Crippen molar-refractivity contribution in [3.63, 3.8) is 0 Å². The molecule has 4 heteroatoms. The van der Waals surface area contributed by atoms with E-state index in [-0.39, 0.29) is 17.3 Å². The number of halogens is 3. The number of benzene rings is 1. The van der Waals surface area contributed by atoms with Crippen LogP contribution in [0.1, 0.15) is 18.9 Å². The summed E-state index contributed by atoms with van der Waals surface area (Å²) in [5, 5.41) is 0.840. The fourth-order valence-corrected chi connectivity index (χ4v) is 3.67. The van der Waals surface area contributed by atoms with Crippen LogP contribution in [0.2, 0.25) is 0 Å². The molecule has 1 saturated heterocycles. The molecule has 1 aromatic carbocycles. The van der Waals surface area contributed by atoms with E-state index < -0.39 is 0 Å². The first-order valence-electron chi connectivity index (χ1n) is 5.69. The Bertz CT molecular complexity index is 410. The minimum atomic E-state index is -0.132. The second-order valence-electron chi connectivity index (χ2n) is 4.67. The Kier molecular flexibility index (Phi) is 4.26. The molecule has 0 radical (unpaired) electrons. The zero-order chi connectivity index (χ0) is 12.5. The molecular formula is C13H15Br2FO. The first-order valence-corrected chi connectivity index (χ1v) is 7.60. The summed E-state index contributed by atoms with van der Waals surface area (Å²) >= 11 is 6.95. The molecule has 1 aliphatic heterocycles. The monoisotopic (exact) mass is 364 g/mol. The summed E-state index contributed by atoms with van der Waals surface area (Å²) in [6, 6.07) is 5.11. The highest BCUT2D eigenvalue weighted by molar-refractivity contribution is 9.10. The lowest BCUT2D eigenvalue weighted by atomic mass is 9.78. The van der Waals surface area contributed by atoms with E-state index >= 15 is 0 Å². The SMILES string of the molecule is CC1OCCC1(CBr)Cc1cc(Br)ccc1F. The summed E-state index contributed by atoms with van der Waals surface area (Å²) < 4.78 is 20.3. The van der Waals surface area contributed by atoms with E-state index in [9.17, 15) is 4.39 Å². The third-order valence-electron chi connectivity index (χ3n) is 3.65. The van der Waals surface area contributed by atoms with Crippen LogP contribution in [0, 0.1) is 11.2 Å². The molecule has 0 spiro atoms. The second kappa shape index (κ2) is 5.37. The lowest BCUT2D eigenvalue weighted by Gasteiger charge is -2.30. The van der Waals surface area contributed by atoms with Gasteiger partial charge in [0.2, 0.25) is 0 Å². The molecule has 0 amide bonds. The van der Waals surface area contributed by atoms with Crippen LogP contribution in [0.4, 0.5) is 4.39 Å². The van der Waals surface area contributed by atoms with E-state index in [1.165, 1.54) is 6.07 Å². The highest BCUT2D eigenvalue weighted by Crippen LogP contribution is 2.40. The first-order chi connectivity index (χ1) is 8.07. The van der Waals surface area contributed by atoms with E-state index in [1.807, 2.05) is 6.07 Å². The van der Waals surface area contributed by atoms with E-state index in [1.54, 1.807) is 6.07 Å². The number of hydrogen-bond acceptors (Lipinski definition) is 1. The molecule has 2 atom stereocenters. The van der Waals surface area contributed by atoms with E-state index in [0.717, 1.165) is 28.4 Å². The van der Waals surface area contributed by atoms with Crippen molar-refractivity contribution < 1.29 is 9.13 Å². The lowest BCUT2D eigenvalue weighted by molar-refractivity contribution is 0.0743. The van der Waals surface area contributed by atoms with E-state index in [4.69, 9.17) is 4.74 Å². The van der Waals surface area contributed by atoms with Crippen molar-refractivity contribution in [3.05, 3.63) is 34.1 Å². The topological polar surface area (TPSA) is 9.23 Å². The van der Waals surface area contributed by atoms with Crippen LogP contribution in [0.25, 0.3) is 0 Å². The van der Waals surface area contributed by atoms with E-state index in [2.05, 4.69) is 38.8 Å². The average Bonchev–Trinajstić information content (AvgIpc) is 2.66. The molecule has 2 rings (SSSR count). The van der Waals surface area contributed by atoms with Crippen molar-refractivity contribution >= 4 is 31.9 Å². The molecule has 94 valence electrons. The molecule has 1 fully saturated rings. The predicted molar refractivity (Wildman–Crippen MR) is 74.1 cm³/mol. The highest BCUT2D eigenvalue weighted by Gasteiger charge is 2.41. The maximum Gasteiger partial charge on any atom is 0.126 e. The van der Waals surface area contributed by atoms with Crippen LogP contribution < -0.4 is 0 Å². The zero-order valence-electron chi connectivity index (χ0n) is 9.68. The Hall–Kier alpha value is 0.0700. The van der Waals surface area contributed by atoms with Gasteiger partial charge in [0.05, 0.1) is 6.10 Å². The standard InChI is InChI=1S/C13H15Br2FO/c1-9-13(8-14,4-5-17-9)7-10-6-11(15)2-3-12(10)16/h2-3,6,9H,4-5,7-8H2,1H3. The Balaban J connectivity index is 2.27. The lowest BCUT2D eigenvalue weighted by Crippen LogP contribution is -2.33. The quantitative estimate of drug-likeness (QED) is 0.725. The third kappa shape index (κ3) is 2.74. The third-order valence-corrected chi connectivity index (χ3v) is 5.26. The largest absolute Gasteiger partial charge is 0.378 e. The Labute approximate surface area is 118 Å². The summed E-state index contributed by atoms with van der Waals surface area (Å²) in [6.45, 7) is 2.84. The predicted octanol–water partition coefficient (Wildman–Crippen LogP) is 4.32. The van der Waals surface area contributed by atoms with Crippen molar-refractivity contribution in [2.75, 3.05) is 11.9 Å². The van der Waals surface area contributed by atoms with Crippen LogP contribution in [-0.4, -0.2) is 18.0 Å². The number of ether oxygens (including phenoxy) is 1. The van der Waals surface area contributed by atoms with Crippen LogP contribution in [0.5, 0.6) is 0 Å². The van der Waals surface area contributed by atoms with Gasteiger partial charge in [-0.3, -0.25) is 0 Å².